The molecule has 1 aliphatic rings. The van der Waals surface area contributed by atoms with Gasteiger partial charge in [-0.1, -0.05) is 50.1 Å². The van der Waals surface area contributed by atoms with Gasteiger partial charge in [-0.2, -0.15) is 0 Å². The summed E-state index contributed by atoms with van der Waals surface area (Å²) in [5.41, 5.74) is 2.90. The molecule has 4 heteroatoms. The largest absolute Gasteiger partial charge is 0.485 e. The molecule has 0 aliphatic carbocycles. The smallest absolute Gasteiger partial charge is 0.132 e. The van der Waals surface area contributed by atoms with E-state index >= 15 is 0 Å². The number of anilines is 1. The molecule has 0 saturated carbocycles. The lowest BCUT2D eigenvalue weighted by Crippen LogP contribution is -2.51. The molecule has 1 N–H and O–H groups in total. The Balaban J connectivity index is 1.76. The molecule has 0 spiro atoms. The van der Waals surface area contributed by atoms with Crippen LogP contribution in [0.1, 0.15) is 57.3 Å². The van der Waals surface area contributed by atoms with Crippen LogP contribution in [0.15, 0.2) is 48.5 Å². The Bertz CT molecular complexity index is 745. The maximum Gasteiger partial charge on any atom is 0.132 e. The Hall–Kier alpha value is -2.04. The van der Waals surface area contributed by atoms with Gasteiger partial charge in [0.2, 0.25) is 0 Å². The summed E-state index contributed by atoms with van der Waals surface area (Å²) in [6.07, 6.45) is 3.12. The quantitative estimate of drug-likeness (QED) is 0.561. The van der Waals surface area contributed by atoms with Gasteiger partial charge in [-0.25, -0.2) is 0 Å². The number of ether oxygens (including phenoxy) is 3. The zero-order valence-electron chi connectivity index (χ0n) is 17.5. The third-order valence-corrected chi connectivity index (χ3v) is 5.29. The summed E-state index contributed by atoms with van der Waals surface area (Å²) in [6, 6.07) is 16.6. The SMILES string of the molecule is CCCCCOC1C(OC)c2cc(NCc3ccccc3)ccc2OC1(C)C. The van der Waals surface area contributed by atoms with Gasteiger partial charge in [-0.3, -0.25) is 0 Å². The van der Waals surface area contributed by atoms with Crippen molar-refractivity contribution in [3.8, 4) is 5.75 Å². The zero-order chi connectivity index (χ0) is 20.0. The molecule has 1 heterocycles. The van der Waals surface area contributed by atoms with Gasteiger partial charge in [0.15, 0.2) is 0 Å². The van der Waals surface area contributed by atoms with Crippen molar-refractivity contribution in [2.75, 3.05) is 19.0 Å². The van der Waals surface area contributed by atoms with Crippen LogP contribution in [-0.4, -0.2) is 25.4 Å². The summed E-state index contributed by atoms with van der Waals surface area (Å²) < 4.78 is 18.5. The molecule has 0 fully saturated rings. The molecule has 0 amide bonds. The molecular formula is C24H33NO3. The van der Waals surface area contributed by atoms with Crippen LogP contribution in [0.3, 0.4) is 0 Å². The number of fused-ring (bicyclic) bond motifs is 1. The van der Waals surface area contributed by atoms with E-state index in [1.165, 1.54) is 18.4 Å². The van der Waals surface area contributed by atoms with Gasteiger partial charge in [-0.15, -0.1) is 0 Å². The van der Waals surface area contributed by atoms with E-state index in [0.717, 1.165) is 36.6 Å². The molecule has 152 valence electrons. The minimum absolute atomic E-state index is 0.147. The maximum absolute atomic E-state index is 6.31. The van der Waals surface area contributed by atoms with E-state index in [4.69, 9.17) is 14.2 Å². The molecule has 2 aromatic carbocycles. The average molecular weight is 384 g/mol. The topological polar surface area (TPSA) is 39.7 Å². The first-order valence-electron chi connectivity index (χ1n) is 10.3. The molecule has 2 aromatic rings. The molecule has 28 heavy (non-hydrogen) atoms. The Kier molecular flexibility index (Phi) is 6.97. The monoisotopic (exact) mass is 383 g/mol. The second kappa shape index (κ2) is 9.44. The maximum atomic E-state index is 6.31. The van der Waals surface area contributed by atoms with Gasteiger partial charge in [0.05, 0.1) is 0 Å². The average Bonchev–Trinajstić information content (AvgIpc) is 2.70. The van der Waals surface area contributed by atoms with Crippen LogP contribution in [-0.2, 0) is 16.0 Å². The van der Waals surface area contributed by atoms with Crippen molar-refractivity contribution in [2.45, 2.75) is 64.4 Å². The minimum Gasteiger partial charge on any atom is -0.485 e. The van der Waals surface area contributed by atoms with E-state index < -0.39 is 5.60 Å². The third-order valence-electron chi connectivity index (χ3n) is 5.29. The molecule has 0 aromatic heterocycles. The Labute approximate surface area is 169 Å². The second-order valence-corrected chi connectivity index (χ2v) is 7.95. The highest BCUT2D eigenvalue weighted by Gasteiger charge is 2.45. The van der Waals surface area contributed by atoms with Crippen LogP contribution < -0.4 is 10.1 Å². The molecule has 2 atom stereocenters. The predicted molar refractivity (Wildman–Crippen MR) is 114 cm³/mol. The van der Waals surface area contributed by atoms with Crippen LogP contribution >= 0.6 is 0 Å². The van der Waals surface area contributed by atoms with Gasteiger partial charge in [0.1, 0.15) is 23.6 Å². The van der Waals surface area contributed by atoms with Crippen molar-refractivity contribution in [3.05, 3.63) is 59.7 Å². The van der Waals surface area contributed by atoms with E-state index in [-0.39, 0.29) is 12.2 Å². The number of hydrogen-bond donors (Lipinski definition) is 1. The van der Waals surface area contributed by atoms with Gasteiger partial charge in [0, 0.05) is 31.5 Å². The number of hydrogen-bond acceptors (Lipinski definition) is 4. The summed E-state index contributed by atoms with van der Waals surface area (Å²) in [6.45, 7) is 7.86. The van der Waals surface area contributed by atoms with E-state index in [2.05, 4.69) is 62.5 Å². The number of benzene rings is 2. The number of rotatable bonds is 9. The number of methoxy groups -OCH3 is 1. The van der Waals surface area contributed by atoms with Crippen molar-refractivity contribution in [3.63, 3.8) is 0 Å². The first kappa shape index (κ1) is 20.7. The Morgan fingerprint density at radius 3 is 2.57 bits per heavy atom. The second-order valence-electron chi connectivity index (χ2n) is 7.95. The first-order valence-corrected chi connectivity index (χ1v) is 10.3. The van der Waals surface area contributed by atoms with Crippen LogP contribution in [0.5, 0.6) is 5.75 Å². The number of unbranched alkanes of at least 4 members (excludes halogenated alkanes) is 2. The van der Waals surface area contributed by atoms with Crippen molar-refractivity contribution in [1.29, 1.82) is 0 Å². The lowest BCUT2D eigenvalue weighted by atomic mass is 9.88. The summed E-state index contributed by atoms with van der Waals surface area (Å²) in [5.74, 6) is 0.871. The molecule has 4 nitrogen and oxygen atoms in total. The number of nitrogens with one attached hydrogen (secondary N) is 1. The van der Waals surface area contributed by atoms with Gasteiger partial charge in [0.25, 0.3) is 0 Å². The predicted octanol–water partition coefficient (Wildman–Crippen LogP) is 5.73. The summed E-state index contributed by atoms with van der Waals surface area (Å²) in [4.78, 5) is 0. The summed E-state index contributed by atoms with van der Waals surface area (Å²) in [5, 5.41) is 3.50. The van der Waals surface area contributed by atoms with Crippen LogP contribution in [0.2, 0.25) is 0 Å². The molecule has 2 unspecified atom stereocenters. The molecule has 1 aliphatic heterocycles. The van der Waals surface area contributed by atoms with Crippen molar-refractivity contribution >= 4 is 5.69 Å². The van der Waals surface area contributed by atoms with Gasteiger partial charge >= 0.3 is 0 Å². The van der Waals surface area contributed by atoms with Gasteiger partial charge in [-0.05, 0) is 44.0 Å². The van der Waals surface area contributed by atoms with Crippen molar-refractivity contribution < 1.29 is 14.2 Å². The molecule has 0 radical (unpaired) electrons. The fourth-order valence-corrected chi connectivity index (χ4v) is 3.74. The van der Waals surface area contributed by atoms with E-state index in [9.17, 15) is 0 Å². The van der Waals surface area contributed by atoms with Crippen molar-refractivity contribution in [1.82, 2.24) is 0 Å². The van der Waals surface area contributed by atoms with Crippen molar-refractivity contribution in [2.24, 2.45) is 0 Å². The zero-order valence-corrected chi connectivity index (χ0v) is 17.5. The van der Waals surface area contributed by atoms with Crippen LogP contribution in [0.25, 0.3) is 0 Å². The standard InChI is InChI=1S/C24H33NO3/c1-5-6-10-15-27-23-22(26-4)20-16-19(13-14-21(20)28-24(23,2)3)25-17-18-11-8-7-9-12-18/h7-9,11-14,16,22-23,25H,5-6,10,15,17H2,1-4H3. The van der Waals surface area contributed by atoms with E-state index in [1.807, 2.05) is 12.1 Å². The lowest BCUT2D eigenvalue weighted by Gasteiger charge is -2.44. The van der Waals surface area contributed by atoms with Gasteiger partial charge < -0.3 is 19.5 Å². The fraction of sp³-hybridized carbons (Fsp3) is 0.500. The molecule has 3 rings (SSSR count). The Morgan fingerprint density at radius 2 is 1.86 bits per heavy atom. The van der Waals surface area contributed by atoms with Crippen LogP contribution in [0, 0.1) is 0 Å². The summed E-state index contributed by atoms with van der Waals surface area (Å²) in [7, 11) is 1.75. The third kappa shape index (κ3) is 4.86. The first-order chi connectivity index (χ1) is 13.5. The fourth-order valence-electron chi connectivity index (χ4n) is 3.74. The van der Waals surface area contributed by atoms with E-state index in [1.54, 1.807) is 7.11 Å². The molecule has 0 bridgehead atoms. The highest BCUT2D eigenvalue weighted by Crippen LogP contribution is 2.44. The highest BCUT2D eigenvalue weighted by molar-refractivity contribution is 5.53. The highest BCUT2D eigenvalue weighted by atomic mass is 16.6. The van der Waals surface area contributed by atoms with Crippen LogP contribution in [0.4, 0.5) is 5.69 Å². The van der Waals surface area contributed by atoms with E-state index in [0.29, 0.717) is 0 Å². The summed E-state index contributed by atoms with van der Waals surface area (Å²) >= 11 is 0. The molecule has 0 saturated heterocycles. The normalized spacial score (nSPS) is 20.3. The molecular weight excluding hydrogens is 350 g/mol. The Morgan fingerprint density at radius 1 is 1.07 bits per heavy atom. The minimum atomic E-state index is -0.446. The lowest BCUT2D eigenvalue weighted by molar-refractivity contribution is -0.154.